The maximum absolute atomic E-state index is 12.0. The first kappa shape index (κ1) is 17.0. The van der Waals surface area contributed by atoms with Gasteiger partial charge in [0.1, 0.15) is 12.4 Å². The average Bonchev–Trinajstić information content (AvgIpc) is 3.09. The highest BCUT2D eigenvalue weighted by Gasteiger charge is 2.17. The van der Waals surface area contributed by atoms with Crippen LogP contribution in [0.2, 0.25) is 0 Å². The second kappa shape index (κ2) is 8.29. The van der Waals surface area contributed by atoms with Crippen molar-refractivity contribution in [3.8, 4) is 0 Å². The highest BCUT2D eigenvalue weighted by molar-refractivity contribution is 5.90. The van der Waals surface area contributed by atoms with Gasteiger partial charge in [-0.2, -0.15) is 5.10 Å². The van der Waals surface area contributed by atoms with Gasteiger partial charge in [0.25, 0.3) is 5.91 Å². The van der Waals surface area contributed by atoms with Crippen molar-refractivity contribution >= 4 is 11.7 Å². The summed E-state index contributed by atoms with van der Waals surface area (Å²) in [5.41, 5.74) is 0. The van der Waals surface area contributed by atoms with Crippen LogP contribution in [0.1, 0.15) is 46.1 Å². The lowest BCUT2D eigenvalue weighted by Gasteiger charge is -2.18. The third kappa shape index (κ3) is 5.10. The van der Waals surface area contributed by atoms with Crippen molar-refractivity contribution < 1.29 is 14.3 Å². The monoisotopic (exact) mass is 309 g/mol. The second-order valence-electron chi connectivity index (χ2n) is 6.34. The molecule has 1 N–H and O–H groups in total. The lowest BCUT2D eigenvalue weighted by Crippen LogP contribution is -2.24. The van der Waals surface area contributed by atoms with E-state index in [9.17, 15) is 4.79 Å². The molecule has 22 heavy (non-hydrogen) atoms. The van der Waals surface area contributed by atoms with Gasteiger partial charge in [0, 0.05) is 12.7 Å². The summed E-state index contributed by atoms with van der Waals surface area (Å²) in [6, 6.07) is 2.06. The van der Waals surface area contributed by atoms with Gasteiger partial charge in [-0.3, -0.25) is 4.79 Å². The van der Waals surface area contributed by atoms with Gasteiger partial charge in [0.15, 0.2) is 0 Å². The Morgan fingerprint density at radius 1 is 1.55 bits per heavy atom. The molecule has 6 nitrogen and oxygen atoms in total. The Hall–Kier alpha value is -1.40. The van der Waals surface area contributed by atoms with E-state index in [1.807, 2.05) is 10.7 Å². The van der Waals surface area contributed by atoms with Gasteiger partial charge >= 0.3 is 0 Å². The average molecular weight is 309 g/mol. The van der Waals surface area contributed by atoms with E-state index in [-0.39, 0.29) is 24.7 Å². The zero-order valence-corrected chi connectivity index (χ0v) is 13.7. The Labute approximate surface area is 132 Å². The van der Waals surface area contributed by atoms with Crippen molar-refractivity contribution in [3.63, 3.8) is 0 Å². The van der Waals surface area contributed by atoms with E-state index in [0.29, 0.717) is 12.5 Å². The molecule has 0 radical (unpaired) electrons. The van der Waals surface area contributed by atoms with Crippen molar-refractivity contribution in [2.24, 2.45) is 5.92 Å². The number of amides is 1. The fourth-order valence-corrected chi connectivity index (χ4v) is 2.78. The topological polar surface area (TPSA) is 65.4 Å². The minimum atomic E-state index is -0.156. The first-order valence-electron chi connectivity index (χ1n) is 8.09. The van der Waals surface area contributed by atoms with Gasteiger partial charge in [-0.25, -0.2) is 4.68 Å². The van der Waals surface area contributed by atoms with Crippen LogP contribution in [-0.4, -0.2) is 41.6 Å². The van der Waals surface area contributed by atoms with Crippen molar-refractivity contribution in [2.75, 3.05) is 25.1 Å². The normalized spacial score (nSPS) is 19.5. The van der Waals surface area contributed by atoms with Crippen molar-refractivity contribution in [2.45, 2.75) is 52.2 Å². The molecule has 1 aliphatic rings. The summed E-state index contributed by atoms with van der Waals surface area (Å²) in [5, 5.41) is 7.17. The molecule has 1 aliphatic heterocycles. The molecule has 2 atom stereocenters. The maximum Gasteiger partial charge on any atom is 0.251 e. The highest BCUT2D eigenvalue weighted by Crippen LogP contribution is 2.20. The van der Waals surface area contributed by atoms with Crippen LogP contribution >= 0.6 is 0 Å². The molecule has 2 unspecified atom stereocenters. The number of ether oxygens (including phenoxy) is 2. The van der Waals surface area contributed by atoms with Crippen LogP contribution in [0.25, 0.3) is 0 Å². The van der Waals surface area contributed by atoms with E-state index in [1.165, 1.54) is 0 Å². The first-order valence-corrected chi connectivity index (χ1v) is 8.09. The van der Waals surface area contributed by atoms with Crippen LogP contribution in [0, 0.1) is 5.92 Å². The van der Waals surface area contributed by atoms with Gasteiger partial charge in [-0.15, -0.1) is 0 Å². The minimum absolute atomic E-state index is 0.0452. The summed E-state index contributed by atoms with van der Waals surface area (Å²) in [4.78, 5) is 12.0. The van der Waals surface area contributed by atoms with E-state index in [2.05, 4.69) is 31.2 Å². The second-order valence-corrected chi connectivity index (χ2v) is 6.34. The van der Waals surface area contributed by atoms with Crippen LogP contribution in [0.15, 0.2) is 12.3 Å². The van der Waals surface area contributed by atoms with Crippen LogP contribution in [0.5, 0.6) is 0 Å². The molecule has 2 rings (SSSR count). The highest BCUT2D eigenvalue weighted by atomic mass is 16.5. The van der Waals surface area contributed by atoms with Gasteiger partial charge in [-0.05, 0) is 32.1 Å². The quantitative estimate of drug-likeness (QED) is 0.801. The zero-order valence-electron chi connectivity index (χ0n) is 13.7. The number of nitrogens with zero attached hydrogens (tertiary/aromatic N) is 2. The van der Waals surface area contributed by atoms with Crippen LogP contribution in [0.3, 0.4) is 0 Å². The molecule has 1 aromatic heterocycles. The standard InChI is InChI=1S/C16H27N3O3/c1-12(2)9-13(3)19-15(6-7-17-19)18-16(20)11-21-10-14-5-4-8-22-14/h6-7,12-14H,4-5,8-11H2,1-3H3,(H,18,20). The maximum atomic E-state index is 12.0. The number of aromatic nitrogens is 2. The Morgan fingerprint density at radius 2 is 2.36 bits per heavy atom. The third-order valence-corrected chi connectivity index (χ3v) is 3.73. The van der Waals surface area contributed by atoms with E-state index in [0.717, 1.165) is 31.7 Å². The molecule has 0 saturated carbocycles. The number of rotatable bonds is 8. The summed E-state index contributed by atoms with van der Waals surface area (Å²) >= 11 is 0. The SMILES string of the molecule is CC(C)CC(C)n1nccc1NC(=O)COCC1CCCO1. The van der Waals surface area contributed by atoms with Gasteiger partial charge in [0.2, 0.25) is 0 Å². The largest absolute Gasteiger partial charge is 0.376 e. The number of carbonyl (C=O) groups excluding carboxylic acids is 1. The molecular weight excluding hydrogens is 282 g/mol. The minimum Gasteiger partial charge on any atom is -0.376 e. The Kier molecular flexibility index (Phi) is 6.39. The molecule has 1 fully saturated rings. The first-order chi connectivity index (χ1) is 10.6. The zero-order chi connectivity index (χ0) is 15.9. The Bertz CT molecular complexity index is 467. The van der Waals surface area contributed by atoms with Crippen molar-refractivity contribution in [1.29, 1.82) is 0 Å². The molecule has 1 saturated heterocycles. The van der Waals surface area contributed by atoms with Gasteiger partial charge < -0.3 is 14.8 Å². The van der Waals surface area contributed by atoms with E-state index >= 15 is 0 Å². The molecular formula is C16H27N3O3. The Balaban J connectivity index is 1.77. The predicted molar refractivity (Wildman–Crippen MR) is 84.8 cm³/mol. The fourth-order valence-electron chi connectivity index (χ4n) is 2.78. The summed E-state index contributed by atoms with van der Waals surface area (Å²) in [6.07, 6.45) is 4.96. The van der Waals surface area contributed by atoms with Crippen LogP contribution < -0.4 is 5.32 Å². The number of carbonyl (C=O) groups is 1. The smallest absolute Gasteiger partial charge is 0.251 e. The van der Waals surface area contributed by atoms with Crippen LogP contribution in [0.4, 0.5) is 5.82 Å². The van der Waals surface area contributed by atoms with Crippen LogP contribution in [-0.2, 0) is 14.3 Å². The number of hydrogen-bond acceptors (Lipinski definition) is 4. The summed E-state index contributed by atoms with van der Waals surface area (Å²) in [5.74, 6) is 1.15. The van der Waals surface area contributed by atoms with E-state index in [1.54, 1.807) is 6.20 Å². The summed E-state index contributed by atoms with van der Waals surface area (Å²) in [7, 11) is 0. The van der Waals surface area contributed by atoms with Gasteiger partial charge in [0.05, 0.1) is 24.9 Å². The molecule has 1 amide bonds. The molecule has 0 bridgehead atoms. The molecule has 124 valence electrons. The molecule has 1 aromatic rings. The Morgan fingerprint density at radius 3 is 3.05 bits per heavy atom. The number of nitrogens with one attached hydrogen (secondary N) is 1. The van der Waals surface area contributed by atoms with Crippen molar-refractivity contribution in [3.05, 3.63) is 12.3 Å². The molecule has 6 heteroatoms. The number of hydrogen-bond donors (Lipinski definition) is 1. The summed E-state index contributed by atoms with van der Waals surface area (Å²) in [6.45, 7) is 7.79. The molecule has 0 aromatic carbocycles. The predicted octanol–water partition coefficient (Wildman–Crippen LogP) is 2.62. The molecule has 0 spiro atoms. The molecule has 2 heterocycles. The van der Waals surface area contributed by atoms with E-state index in [4.69, 9.17) is 9.47 Å². The number of anilines is 1. The lowest BCUT2D eigenvalue weighted by atomic mass is 10.1. The summed E-state index contributed by atoms with van der Waals surface area (Å²) < 4.78 is 12.7. The van der Waals surface area contributed by atoms with Gasteiger partial charge in [-0.1, -0.05) is 13.8 Å². The lowest BCUT2D eigenvalue weighted by molar-refractivity contribution is -0.121. The third-order valence-electron chi connectivity index (χ3n) is 3.73. The molecule has 0 aliphatic carbocycles. The fraction of sp³-hybridized carbons (Fsp3) is 0.750. The van der Waals surface area contributed by atoms with Crippen molar-refractivity contribution in [1.82, 2.24) is 9.78 Å². The van der Waals surface area contributed by atoms with E-state index < -0.39 is 0 Å².